The highest BCUT2D eigenvalue weighted by atomic mass is 32.2. The van der Waals surface area contributed by atoms with E-state index >= 15 is 0 Å². The van der Waals surface area contributed by atoms with Crippen LogP contribution in [0.25, 0.3) is 11.3 Å². The minimum Gasteiger partial charge on any atom is -0.508 e. The number of carbonyl (C=O) groups is 1. The lowest BCUT2D eigenvalue weighted by Crippen LogP contribution is -2.15. The Morgan fingerprint density at radius 3 is 2.34 bits per heavy atom. The Labute approximate surface area is 185 Å². The van der Waals surface area contributed by atoms with Gasteiger partial charge in [0.25, 0.3) is 0 Å². The standard InChI is InChI=1S/C21H18F3N3O4S/c1-30-16-8-3-12(9-17(16)31-2)15-10-18(21(22,23)24)27-20(26-15)32-11-19(29)25-13-4-6-14(28)7-5-13/h3-10,28H,11H2,1-2H3,(H,25,29). The summed E-state index contributed by atoms with van der Waals surface area (Å²) in [5, 5.41) is 11.7. The van der Waals surface area contributed by atoms with Crippen molar-refractivity contribution in [1.29, 1.82) is 0 Å². The Morgan fingerprint density at radius 1 is 1.03 bits per heavy atom. The molecule has 0 saturated carbocycles. The monoisotopic (exact) mass is 465 g/mol. The Bertz CT molecular complexity index is 1110. The molecule has 1 aromatic heterocycles. The molecule has 11 heteroatoms. The van der Waals surface area contributed by atoms with Crippen LogP contribution in [-0.2, 0) is 11.0 Å². The molecule has 3 rings (SSSR count). The first kappa shape index (κ1) is 23.2. The molecule has 0 bridgehead atoms. The number of hydrogen-bond acceptors (Lipinski definition) is 7. The van der Waals surface area contributed by atoms with E-state index in [1.165, 1.54) is 44.6 Å². The Kier molecular flexibility index (Phi) is 7.08. The average Bonchev–Trinajstić information content (AvgIpc) is 2.78. The van der Waals surface area contributed by atoms with Gasteiger partial charge in [-0.3, -0.25) is 4.79 Å². The van der Waals surface area contributed by atoms with Gasteiger partial charge in [-0.25, -0.2) is 9.97 Å². The van der Waals surface area contributed by atoms with Crippen LogP contribution in [-0.4, -0.2) is 41.0 Å². The van der Waals surface area contributed by atoms with E-state index in [9.17, 15) is 23.1 Å². The molecule has 0 saturated heterocycles. The summed E-state index contributed by atoms with van der Waals surface area (Å²) in [6.07, 6.45) is -4.70. The number of anilines is 1. The number of hydrogen-bond donors (Lipinski definition) is 2. The van der Waals surface area contributed by atoms with E-state index < -0.39 is 17.8 Å². The second-order valence-corrected chi connectivity index (χ2v) is 7.31. The van der Waals surface area contributed by atoms with Crippen LogP contribution in [0, 0.1) is 0 Å². The number of methoxy groups -OCH3 is 2. The number of rotatable bonds is 7. The summed E-state index contributed by atoms with van der Waals surface area (Å²) in [6, 6.07) is 11.2. The van der Waals surface area contributed by atoms with Crippen molar-refractivity contribution in [3.8, 4) is 28.5 Å². The predicted octanol–water partition coefficient (Wildman–Crippen LogP) is 4.62. The summed E-state index contributed by atoms with van der Waals surface area (Å²) in [4.78, 5) is 19.9. The van der Waals surface area contributed by atoms with Crippen molar-refractivity contribution in [2.45, 2.75) is 11.3 Å². The summed E-state index contributed by atoms with van der Waals surface area (Å²) in [7, 11) is 2.86. The van der Waals surface area contributed by atoms with E-state index in [-0.39, 0.29) is 22.4 Å². The van der Waals surface area contributed by atoms with Crippen LogP contribution in [0.1, 0.15) is 5.69 Å². The summed E-state index contributed by atoms with van der Waals surface area (Å²) < 4.78 is 50.6. The van der Waals surface area contributed by atoms with Crippen molar-refractivity contribution in [3.63, 3.8) is 0 Å². The van der Waals surface area contributed by atoms with Gasteiger partial charge in [0, 0.05) is 11.3 Å². The van der Waals surface area contributed by atoms with Crippen LogP contribution in [0.4, 0.5) is 18.9 Å². The number of nitrogens with zero attached hydrogens (tertiary/aromatic N) is 2. The van der Waals surface area contributed by atoms with E-state index in [0.29, 0.717) is 22.7 Å². The van der Waals surface area contributed by atoms with E-state index in [0.717, 1.165) is 17.8 Å². The van der Waals surface area contributed by atoms with Crippen molar-refractivity contribution >= 4 is 23.4 Å². The molecular weight excluding hydrogens is 447 g/mol. The van der Waals surface area contributed by atoms with Crippen molar-refractivity contribution in [1.82, 2.24) is 9.97 Å². The minimum absolute atomic E-state index is 0.0229. The first-order valence-corrected chi connectivity index (χ1v) is 10.1. The van der Waals surface area contributed by atoms with Crippen LogP contribution < -0.4 is 14.8 Å². The average molecular weight is 465 g/mol. The molecule has 0 aliphatic carbocycles. The van der Waals surface area contributed by atoms with Gasteiger partial charge in [-0.15, -0.1) is 0 Å². The minimum atomic E-state index is -4.70. The number of phenols is 1. The molecular formula is C21H18F3N3O4S. The van der Waals surface area contributed by atoms with Gasteiger partial charge in [0.1, 0.15) is 11.4 Å². The highest BCUT2D eigenvalue weighted by Crippen LogP contribution is 2.35. The molecule has 1 heterocycles. The van der Waals surface area contributed by atoms with Gasteiger partial charge in [0.2, 0.25) is 5.91 Å². The van der Waals surface area contributed by atoms with Gasteiger partial charge in [0.15, 0.2) is 16.7 Å². The van der Waals surface area contributed by atoms with Gasteiger partial charge < -0.3 is 19.9 Å². The third-order valence-corrected chi connectivity index (χ3v) is 5.01. The predicted molar refractivity (Wildman–Crippen MR) is 113 cm³/mol. The number of phenolic OH excluding ortho intramolecular Hbond substituents is 1. The van der Waals surface area contributed by atoms with Crippen molar-refractivity contribution in [2.75, 3.05) is 25.3 Å². The van der Waals surface area contributed by atoms with Gasteiger partial charge in [0.05, 0.1) is 25.7 Å². The first-order chi connectivity index (χ1) is 15.2. The third kappa shape index (κ3) is 5.82. The quantitative estimate of drug-likeness (QED) is 0.299. The number of halogens is 3. The fourth-order valence-corrected chi connectivity index (χ4v) is 3.31. The second kappa shape index (κ2) is 9.77. The van der Waals surface area contributed by atoms with Gasteiger partial charge in [-0.05, 0) is 48.5 Å². The molecule has 3 aromatic rings. The zero-order chi connectivity index (χ0) is 23.3. The summed E-state index contributed by atoms with van der Waals surface area (Å²) >= 11 is 0.768. The summed E-state index contributed by atoms with van der Waals surface area (Å²) in [5.74, 6) is 0.112. The number of carbonyl (C=O) groups excluding carboxylic acids is 1. The number of amides is 1. The number of aromatic hydroxyl groups is 1. The summed E-state index contributed by atoms with van der Waals surface area (Å²) in [5.41, 5.74) is -0.302. The maximum absolute atomic E-state index is 13.4. The molecule has 168 valence electrons. The summed E-state index contributed by atoms with van der Waals surface area (Å²) in [6.45, 7) is 0. The maximum Gasteiger partial charge on any atom is 0.433 e. The number of alkyl halides is 3. The van der Waals surface area contributed by atoms with Gasteiger partial charge in [-0.2, -0.15) is 13.2 Å². The van der Waals surface area contributed by atoms with Crippen LogP contribution in [0.5, 0.6) is 17.2 Å². The zero-order valence-electron chi connectivity index (χ0n) is 16.9. The molecule has 0 atom stereocenters. The molecule has 0 aliphatic heterocycles. The third-order valence-electron chi connectivity index (χ3n) is 4.16. The van der Waals surface area contributed by atoms with Crippen molar-refractivity contribution in [2.24, 2.45) is 0 Å². The normalized spacial score (nSPS) is 11.2. The molecule has 0 unspecified atom stereocenters. The lowest BCUT2D eigenvalue weighted by molar-refractivity contribution is -0.141. The van der Waals surface area contributed by atoms with Crippen molar-refractivity contribution < 1.29 is 32.5 Å². The number of benzene rings is 2. The van der Waals surface area contributed by atoms with Crippen LogP contribution >= 0.6 is 11.8 Å². The van der Waals surface area contributed by atoms with E-state index in [2.05, 4.69) is 15.3 Å². The van der Waals surface area contributed by atoms with Crippen molar-refractivity contribution in [3.05, 3.63) is 54.2 Å². The fourth-order valence-electron chi connectivity index (χ4n) is 2.65. The molecule has 7 nitrogen and oxygen atoms in total. The number of aromatic nitrogens is 2. The first-order valence-electron chi connectivity index (χ1n) is 9.10. The number of ether oxygens (including phenoxy) is 2. The largest absolute Gasteiger partial charge is 0.508 e. The van der Waals surface area contributed by atoms with Gasteiger partial charge in [-0.1, -0.05) is 11.8 Å². The lowest BCUT2D eigenvalue weighted by Gasteiger charge is -2.12. The number of nitrogens with one attached hydrogen (secondary N) is 1. The molecule has 32 heavy (non-hydrogen) atoms. The fraction of sp³-hybridized carbons (Fsp3) is 0.190. The lowest BCUT2D eigenvalue weighted by atomic mass is 10.1. The van der Waals surface area contributed by atoms with Crippen LogP contribution in [0.15, 0.2) is 53.7 Å². The molecule has 2 N–H and O–H groups in total. The molecule has 1 amide bonds. The molecule has 0 fully saturated rings. The molecule has 0 aliphatic rings. The molecule has 0 radical (unpaired) electrons. The smallest absolute Gasteiger partial charge is 0.433 e. The van der Waals surface area contributed by atoms with E-state index in [4.69, 9.17) is 9.47 Å². The topological polar surface area (TPSA) is 93.6 Å². The Hall–Kier alpha value is -3.47. The zero-order valence-corrected chi connectivity index (χ0v) is 17.8. The molecule has 2 aromatic carbocycles. The molecule has 0 spiro atoms. The Morgan fingerprint density at radius 2 is 1.72 bits per heavy atom. The number of thioether (sulfide) groups is 1. The SMILES string of the molecule is COc1ccc(-c2cc(C(F)(F)F)nc(SCC(=O)Nc3ccc(O)cc3)n2)cc1OC. The Balaban J connectivity index is 1.84. The van der Waals surface area contributed by atoms with Gasteiger partial charge >= 0.3 is 6.18 Å². The highest BCUT2D eigenvalue weighted by molar-refractivity contribution is 7.99. The second-order valence-electron chi connectivity index (χ2n) is 6.37. The van der Waals surface area contributed by atoms with E-state index in [1.807, 2.05) is 0 Å². The van der Waals surface area contributed by atoms with Crippen LogP contribution in [0.2, 0.25) is 0 Å². The highest BCUT2D eigenvalue weighted by Gasteiger charge is 2.34. The maximum atomic E-state index is 13.4. The van der Waals surface area contributed by atoms with Crippen LogP contribution in [0.3, 0.4) is 0 Å². The van der Waals surface area contributed by atoms with E-state index in [1.54, 1.807) is 12.1 Å².